The Morgan fingerprint density at radius 3 is 2.28 bits per heavy atom. The molecule has 0 saturated heterocycles. The molecule has 0 heterocycles. The van der Waals surface area contributed by atoms with Gasteiger partial charge in [-0.05, 0) is 30.5 Å². The second kappa shape index (κ2) is 7.07. The van der Waals surface area contributed by atoms with Crippen LogP contribution in [-0.4, -0.2) is 15.3 Å². The highest BCUT2D eigenvalue weighted by molar-refractivity contribution is 6.48. The molecule has 3 heteroatoms. The van der Waals surface area contributed by atoms with Gasteiger partial charge in [-0.1, -0.05) is 51.1 Å². The van der Waals surface area contributed by atoms with Crippen LogP contribution in [0.5, 0.6) is 0 Å². The van der Waals surface area contributed by atoms with Crippen LogP contribution in [0.15, 0.2) is 30.3 Å². The monoisotopic (exact) mass is 265 g/mol. The zero-order valence-electron chi connectivity index (χ0n) is 12.4. The van der Waals surface area contributed by atoms with Crippen molar-refractivity contribution in [1.82, 2.24) is 5.32 Å². The third-order valence-corrected chi connectivity index (χ3v) is 3.48. The van der Waals surface area contributed by atoms with Crippen molar-refractivity contribution in [2.45, 2.75) is 53.1 Å². The minimum atomic E-state index is -1.01. The molecule has 0 spiro atoms. The minimum absolute atomic E-state index is 0.178. The molecule has 1 aromatic carbocycles. The number of nitrogens with one attached hydrogen (secondary N) is 1. The highest BCUT2D eigenvalue weighted by Crippen LogP contribution is 2.21. The summed E-state index contributed by atoms with van der Waals surface area (Å²) in [6.07, 6.45) is 1.22. The van der Waals surface area contributed by atoms with Crippen LogP contribution >= 0.6 is 0 Å². The van der Waals surface area contributed by atoms with Crippen molar-refractivity contribution in [3.05, 3.63) is 35.9 Å². The van der Waals surface area contributed by atoms with E-state index < -0.39 is 9.04 Å². The molecule has 0 aliphatic carbocycles. The normalized spacial score (nSPS) is 13.9. The lowest BCUT2D eigenvalue weighted by molar-refractivity contribution is 0.111. The van der Waals surface area contributed by atoms with Gasteiger partial charge in [0.1, 0.15) is 0 Å². The van der Waals surface area contributed by atoms with Gasteiger partial charge in [-0.25, -0.2) is 0 Å². The lowest BCUT2D eigenvalue weighted by Crippen LogP contribution is -2.37. The van der Waals surface area contributed by atoms with Crippen LogP contribution in [0.4, 0.5) is 0 Å². The van der Waals surface area contributed by atoms with E-state index in [1.807, 2.05) is 6.07 Å². The molecular formula is C15H27NOSi. The number of hydrogen-bond donors (Lipinski definition) is 1. The molecule has 0 bridgehead atoms. The molecule has 0 aliphatic rings. The van der Waals surface area contributed by atoms with E-state index >= 15 is 0 Å². The van der Waals surface area contributed by atoms with Crippen LogP contribution in [0.2, 0.25) is 13.1 Å². The Bertz CT molecular complexity index is 332. The maximum atomic E-state index is 6.08. The van der Waals surface area contributed by atoms with Gasteiger partial charge in [0.25, 0.3) is 0 Å². The van der Waals surface area contributed by atoms with Crippen molar-refractivity contribution in [2.24, 2.45) is 5.41 Å². The zero-order valence-corrected chi connectivity index (χ0v) is 13.5. The van der Waals surface area contributed by atoms with E-state index in [1.165, 1.54) is 5.56 Å². The highest BCUT2D eigenvalue weighted by atomic mass is 28.3. The van der Waals surface area contributed by atoms with Crippen molar-refractivity contribution in [3.8, 4) is 0 Å². The van der Waals surface area contributed by atoms with Crippen LogP contribution in [0.3, 0.4) is 0 Å². The van der Waals surface area contributed by atoms with Crippen LogP contribution in [0, 0.1) is 5.41 Å². The summed E-state index contributed by atoms with van der Waals surface area (Å²) in [5, 5.41) is 3.54. The Morgan fingerprint density at radius 2 is 1.78 bits per heavy atom. The van der Waals surface area contributed by atoms with Gasteiger partial charge in [-0.3, -0.25) is 5.32 Å². The molecular weight excluding hydrogens is 238 g/mol. The molecule has 1 N–H and O–H groups in total. The predicted molar refractivity (Wildman–Crippen MR) is 81.1 cm³/mol. The summed E-state index contributed by atoms with van der Waals surface area (Å²) < 4.78 is 6.08. The lowest BCUT2D eigenvalue weighted by Gasteiger charge is -2.28. The largest absolute Gasteiger partial charge is 0.405 e. The third kappa shape index (κ3) is 6.94. The Hall–Kier alpha value is -0.643. The lowest BCUT2D eigenvalue weighted by atomic mass is 9.91. The van der Waals surface area contributed by atoms with Gasteiger partial charge in [0.2, 0.25) is 0 Å². The molecule has 1 atom stereocenters. The van der Waals surface area contributed by atoms with Crippen molar-refractivity contribution < 1.29 is 4.43 Å². The summed E-state index contributed by atoms with van der Waals surface area (Å²) in [5.41, 5.74) is 1.60. The van der Waals surface area contributed by atoms with Crippen LogP contribution in [0.25, 0.3) is 0 Å². The highest BCUT2D eigenvalue weighted by Gasteiger charge is 2.19. The summed E-state index contributed by atoms with van der Waals surface area (Å²) in [6, 6.07) is 10.5. The van der Waals surface area contributed by atoms with E-state index in [1.54, 1.807) is 0 Å². The molecule has 0 radical (unpaired) electrons. The smallest absolute Gasteiger partial charge is 0.173 e. The molecule has 1 aromatic rings. The molecule has 0 saturated carbocycles. The third-order valence-electron chi connectivity index (χ3n) is 2.61. The molecule has 0 fully saturated rings. The van der Waals surface area contributed by atoms with Gasteiger partial charge in [0, 0.05) is 6.54 Å². The topological polar surface area (TPSA) is 21.3 Å². The number of hydrogen-bond acceptors (Lipinski definition) is 2. The van der Waals surface area contributed by atoms with Crippen molar-refractivity contribution >= 4 is 9.04 Å². The van der Waals surface area contributed by atoms with E-state index in [0.29, 0.717) is 0 Å². The second-order valence-electron chi connectivity index (χ2n) is 6.30. The average molecular weight is 265 g/mol. The van der Waals surface area contributed by atoms with Crippen molar-refractivity contribution in [1.29, 1.82) is 0 Å². The Balaban J connectivity index is 2.50. The van der Waals surface area contributed by atoms with Gasteiger partial charge in [0.15, 0.2) is 9.04 Å². The Labute approximate surface area is 113 Å². The standard InChI is InChI=1S/C15H27NOSi/c1-15(2,3)11-14(17-18(4)5)16-12-13-9-7-6-8-10-13/h6-10,14,16,18H,11-12H2,1-5H3. The van der Waals surface area contributed by atoms with E-state index in [4.69, 9.17) is 4.43 Å². The zero-order chi connectivity index (χ0) is 13.6. The molecule has 1 rings (SSSR count). The van der Waals surface area contributed by atoms with Gasteiger partial charge in [-0.2, -0.15) is 0 Å². The van der Waals surface area contributed by atoms with E-state index in [9.17, 15) is 0 Å². The minimum Gasteiger partial charge on any atom is -0.405 e. The van der Waals surface area contributed by atoms with Crippen LogP contribution in [0.1, 0.15) is 32.8 Å². The van der Waals surface area contributed by atoms with E-state index in [-0.39, 0.29) is 11.6 Å². The fourth-order valence-electron chi connectivity index (χ4n) is 1.88. The molecule has 18 heavy (non-hydrogen) atoms. The fraction of sp³-hybridized carbons (Fsp3) is 0.600. The summed E-state index contributed by atoms with van der Waals surface area (Å²) in [7, 11) is -1.01. The van der Waals surface area contributed by atoms with Gasteiger partial charge in [0.05, 0.1) is 6.23 Å². The SMILES string of the molecule is C[SiH](C)OC(CC(C)(C)C)NCc1ccccc1. The predicted octanol–water partition coefficient (Wildman–Crippen LogP) is 3.54. The van der Waals surface area contributed by atoms with Gasteiger partial charge in [-0.15, -0.1) is 0 Å². The second-order valence-corrected chi connectivity index (χ2v) is 8.67. The first kappa shape index (κ1) is 15.4. The quantitative estimate of drug-likeness (QED) is 0.627. The van der Waals surface area contributed by atoms with Crippen LogP contribution < -0.4 is 5.32 Å². The van der Waals surface area contributed by atoms with Gasteiger partial charge < -0.3 is 4.43 Å². The molecule has 0 amide bonds. The molecule has 0 aliphatic heterocycles. The Kier molecular flexibility index (Phi) is 6.06. The number of benzene rings is 1. The van der Waals surface area contributed by atoms with E-state index in [2.05, 4.69) is 63.4 Å². The van der Waals surface area contributed by atoms with Crippen LogP contribution in [-0.2, 0) is 11.0 Å². The van der Waals surface area contributed by atoms with Crippen molar-refractivity contribution in [2.75, 3.05) is 0 Å². The molecule has 2 nitrogen and oxygen atoms in total. The maximum absolute atomic E-state index is 6.08. The first-order valence-corrected chi connectivity index (χ1v) is 9.58. The first-order valence-electron chi connectivity index (χ1n) is 6.79. The molecule has 0 aromatic heterocycles. The molecule has 102 valence electrons. The Morgan fingerprint density at radius 1 is 1.17 bits per heavy atom. The van der Waals surface area contributed by atoms with Gasteiger partial charge >= 0.3 is 0 Å². The fourth-order valence-corrected chi connectivity index (χ4v) is 2.73. The average Bonchev–Trinajstić information content (AvgIpc) is 2.24. The van der Waals surface area contributed by atoms with E-state index in [0.717, 1.165) is 13.0 Å². The summed E-state index contributed by atoms with van der Waals surface area (Å²) in [4.78, 5) is 0. The summed E-state index contributed by atoms with van der Waals surface area (Å²) in [5.74, 6) is 0. The summed E-state index contributed by atoms with van der Waals surface area (Å²) >= 11 is 0. The maximum Gasteiger partial charge on any atom is 0.173 e. The number of rotatable bonds is 6. The molecule has 1 unspecified atom stereocenters. The van der Waals surface area contributed by atoms with Crippen molar-refractivity contribution in [3.63, 3.8) is 0 Å². The summed E-state index contributed by atoms with van der Waals surface area (Å²) in [6.45, 7) is 12.1. The first-order chi connectivity index (χ1) is 8.37.